The molecule has 0 fully saturated rings. The lowest BCUT2D eigenvalue weighted by Gasteiger charge is -2.25. The normalized spacial score (nSPS) is 17.4. The molecule has 0 spiro atoms. The van der Waals surface area contributed by atoms with Gasteiger partial charge < -0.3 is 5.32 Å². The van der Waals surface area contributed by atoms with Crippen LogP contribution in [0, 0.1) is 0 Å². The average Bonchev–Trinajstić information content (AvgIpc) is 3.02. The highest BCUT2D eigenvalue weighted by molar-refractivity contribution is 5.73. The lowest BCUT2D eigenvalue weighted by Crippen LogP contribution is -2.20. The third-order valence-electron chi connectivity index (χ3n) is 4.33. The van der Waals surface area contributed by atoms with Gasteiger partial charge in [-0.1, -0.05) is 24.3 Å². The van der Waals surface area contributed by atoms with Crippen LogP contribution >= 0.6 is 0 Å². The van der Waals surface area contributed by atoms with Gasteiger partial charge in [-0.25, -0.2) is 0 Å². The Balaban J connectivity index is 1.56. The van der Waals surface area contributed by atoms with Gasteiger partial charge >= 0.3 is 0 Å². The molecule has 0 aliphatic heterocycles. The summed E-state index contributed by atoms with van der Waals surface area (Å²) in [5.41, 5.74) is 3.18. The van der Waals surface area contributed by atoms with Crippen LogP contribution in [0.15, 0.2) is 35.3 Å². The quantitative estimate of drug-likeness (QED) is 0.691. The average molecular weight is 295 g/mol. The van der Waals surface area contributed by atoms with E-state index in [2.05, 4.69) is 49.7 Å². The second-order valence-electron chi connectivity index (χ2n) is 5.72. The highest BCUT2D eigenvalue weighted by Crippen LogP contribution is 2.31. The number of hydrogen-bond acceptors (Lipinski definition) is 4. The van der Waals surface area contributed by atoms with Gasteiger partial charge in [0.05, 0.1) is 6.20 Å². The molecule has 0 saturated carbocycles. The molecule has 2 aromatic heterocycles. The van der Waals surface area contributed by atoms with E-state index < -0.39 is 0 Å². The molecule has 0 saturated heterocycles. The van der Waals surface area contributed by atoms with Crippen LogP contribution in [0.2, 0.25) is 0 Å². The van der Waals surface area contributed by atoms with E-state index in [9.17, 15) is 4.79 Å². The van der Waals surface area contributed by atoms with Gasteiger partial charge in [-0.05, 0) is 30.4 Å². The van der Waals surface area contributed by atoms with Crippen molar-refractivity contribution in [1.29, 1.82) is 0 Å². The van der Waals surface area contributed by atoms with Crippen molar-refractivity contribution in [3.8, 4) is 0 Å². The van der Waals surface area contributed by atoms with Gasteiger partial charge in [0.2, 0.25) is 5.95 Å². The fourth-order valence-electron chi connectivity index (χ4n) is 3.22. The first kappa shape index (κ1) is 13.1. The number of rotatable bonds is 3. The second kappa shape index (κ2) is 5.29. The first-order valence-electron chi connectivity index (χ1n) is 7.56. The molecule has 22 heavy (non-hydrogen) atoms. The van der Waals surface area contributed by atoms with E-state index in [4.69, 9.17) is 0 Å². The standard InChI is InChI=1S/C16H17N5O/c22-15-13-9-18-21-14(13)19-16(20-15)17-8-11-6-3-5-10-4-1-2-7-12(10)11/h1-2,4,7,9,11H,3,5-6,8H2,(H3,17,18,19,20,21,22)/t11-/m1/s1. The summed E-state index contributed by atoms with van der Waals surface area (Å²) >= 11 is 0. The van der Waals surface area contributed by atoms with Crippen LogP contribution in [-0.4, -0.2) is 26.7 Å². The van der Waals surface area contributed by atoms with Crippen LogP contribution in [0.4, 0.5) is 5.95 Å². The van der Waals surface area contributed by atoms with Crippen LogP contribution in [0.25, 0.3) is 11.0 Å². The van der Waals surface area contributed by atoms with Crippen LogP contribution in [0.3, 0.4) is 0 Å². The number of aromatic nitrogens is 4. The van der Waals surface area contributed by atoms with E-state index in [0.717, 1.165) is 19.4 Å². The number of benzene rings is 1. The summed E-state index contributed by atoms with van der Waals surface area (Å²) < 4.78 is 0. The van der Waals surface area contributed by atoms with Gasteiger partial charge in [-0.3, -0.25) is 14.9 Å². The summed E-state index contributed by atoms with van der Waals surface area (Å²) in [6.07, 6.45) is 5.00. The molecule has 1 aromatic carbocycles. The fraction of sp³-hybridized carbons (Fsp3) is 0.312. The number of nitrogens with one attached hydrogen (secondary N) is 3. The molecule has 0 radical (unpaired) electrons. The van der Waals surface area contributed by atoms with Crippen molar-refractivity contribution in [3.05, 3.63) is 51.9 Å². The predicted molar refractivity (Wildman–Crippen MR) is 85.1 cm³/mol. The lowest BCUT2D eigenvalue weighted by atomic mass is 9.83. The van der Waals surface area contributed by atoms with E-state index >= 15 is 0 Å². The van der Waals surface area contributed by atoms with Crippen molar-refractivity contribution in [2.45, 2.75) is 25.2 Å². The molecule has 0 bridgehead atoms. The molecule has 6 heteroatoms. The van der Waals surface area contributed by atoms with Crippen molar-refractivity contribution in [2.75, 3.05) is 11.9 Å². The zero-order chi connectivity index (χ0) is 14.9. The molecule has 2 heterocycles. The van der Waals surface area contributed by atoms with E-state index in [1.807, 2.05) is 0 Å². The van der Waals surface area contributed by atoms with Crippen LogP contribution in [-0.2, 0) is 6.42 Å². The topological polar surface area (TPSA) is 86.5 Å². The first-order chi connectivity index (χ1) is 10.8. The predicted octanol–water partition coefficient (Wildman–Crippen LogP) is 2.18. The molecule has 0 unspecified atom stereocenters. The van der Waals surface area contributed by atoms with Gasteiger partial charge in [-0.15, -0.1) is 0 Å². The first-order valence-corrected chi connectivity index (χ1v) is 7.56. The number of aryl methyl sites for hydroxylation is 1. The van der Waals surface area contributed by atoms with E-state index in [0.29, 0.717) is 22.9 Å². The number of nitrogens with zero attached hydrogens (tertiary/aromatic N) is 2. The van der Waals surface area contributed by atoms with Gasteiger partial charge in [0.1, 0.15) is 5.39 Å². The summed E-state index contributed by atoms with van der Waals surface area (Å²) in [7, 11) is 0. The molecular weight excluding hydrogens is 278 g/mol. The van der Waals surface area contributed by atoms with Gasteiger partial charge in [0.15, 0.2) is 5.65 Å². The van der Waals surface area contributed by atoms with Crippen LogP contribution in [0.5, 0.6) is 0 Å². The molecule has 3 N–H and O–H groups in total. The number of H-pyrrole nitrogens is 2. The molecule has 1 aliphatic carbocycles. The molecular formula is C16H17N5O. The molecule has 112 valence electrons. The molecule has 6 nitrogen and oxygen atoms in total. The minimum Gasteiger partial charge on any atom is -0.355 e. The van der Waals surface area contributed by atoms with Gasteiger partial charge in [-0.2, -0.15) is 10.1 Å². The largest absolute Gasteiger partial charge is 0.355 e. The number of anilines is 1. The van der Waals surface area contributed by atoms with Crippen molar-refractivity contribution in [3.63, 3.8) is 0 Å². The van der Waals surface area contributed by atoms with Crippen molar-refractivity contribution in [2.24, 2.45) is 0 Å². The molecule has 1 aliphatic rings. The molecule has 4 rings (SSSR count). The number of fused-ring (bicyclic) bond motifs is 2. The minimum atomic E-state index is -0.176. The molecule has 0 amide bonds. The summed E-state index contributed by atoms with van der Waals surface area (Å²) in [5, 5.41) is 10.3. The van der Waals surface area contributed by atoms with Crippen molar-refractivity contribution >= 4 is 17.0 Å². The highest BCUT2D eigenvalue weighted by atomic mass is 16.1. The third-order valence-corrected chi connectivity index (χ3v) is 4.33. The summed E-state index contributed by atoms with van der Waals surface area (Å²) in [6.45, 7) is 0.763. The maximum absolute atomic E-state index is 11.9. The van der Waals surface area contributed by atoms with Crippen LogP contribution < -0.4 is 10.9 Å². The Morgan fingerprint density at radius 1 is 1.32 bits per heavy atom. The third kappa shape index (κ3) is 2.26. The summed E-state index contributed by atoms with van der Waals surface area (Å²) in [5.74, 6) is 0.942. The molecule has 1 atom stereocenters. The minimum absolute atomic E-state index is 0.176. The zero-order valence-corrected chi connectivity index (χ0v) is 12.1. The van der Waals surface area contributed by atoms with Gasteiger partial charge in [0, 0.05) is 12.5 Å². The molecule has 3 aromatic rings. The summed E-state index contributed by atoms with van der Waals surface area (Å²) in [6, 6.07) is 8.60. The SMILES string of the molecule is O=c1[nH]c(NC[C@H]2CCCc3ccccc32)nc2[nH]ncc12. The van der Waals surface area contributed by atoms with E-state index in [-0.39, 0.29) is 5.56 Å². The maximum atomic E-state index is 11.9. The number of hydrogen-bond donors (Lipinski definition) is 3. The van der Waals surface area contributed by atoms with E-state index in [1.54, 1.807) is 0 Å². The Hall–Kier alpha value is -2.63. The second-order valence-corrected chi connectivity index (χ2v) is 5.72. The Bertz CT molecular complexity index is 866. The van der Waals surface area contributed by atoms with Gasteiger partial charge in [0.25, 0.3) is 5.56 Å². The smallest absolute Gasteiger partial charge is 0.263 e. The fourth-order valence-corrected chi connectivity index (χ4v) is 3.22. The van der Waals surface area contributed by atoms with Crippen LogP contribution in [0.1, 0.15) is 29.9 Å². The Morgan fingerprint density at radius 2 is 2.23 bits per heavy atom. The lowest BCUT2D eigenvalue weighted by molar-refractivity contribution is 0.570. The highest BCUT2D eigenvalue weighted by Gasteiger charge is 2.19. The zero-order valence-electron chi connectivity index (χ0n) is 12.1. The summed E-state index contributed by atoms with van der Waals surface area (Å²) in [4.78, 5) is 19.0. The van der Waals surface area contributed by atoms with Crippen molar-refractivity contribution < 1.29 is 0 Å². The maximum Gasteiger partial charge on any atom is 0.263 e. The Labute approximate surface area is 127 Å². The monoisotopic (exact) mass is 295 g/mol. The van der Waals surface area contributed by atoms with Crippen molar-refractivity contribution in [1.82, 2.24) is 20.2 Å². The van der Waals surface area contributed by atoms with E-state index in [1.165, 1.54) is 23.7 Å². The Morgan fingerprint density at radius 3 is 3.18 bits per heavy atom. The Kier molecular flexibility index (Phi) is 3.14. The number of aromatic amines is 2.